The van der Waals surface area contributed by atoms with E-state index in [0.29, 0.717) is 39.6 Å². The zero-order valence-electron chi connectivity index (χ0n) is 21.0. The number of imide groups is 2. The first-order valence-corrected chi connectivity index (χ1v) is 12.9. The zero-order valence-corrected chi connectivity index (χ0v) is 21.0. The van der Waals surface area contributed by atoms with Crippen LogP contribution in [0.15, 0.2) is 48.5 Å². The first-order valence-electron chi connectivity index (χ1n) is 12.9. The Bertz CT molecular complexity index is 1790. The van der Waals surface area contributed by atoms with Gasteiger partial charge in [-0.05, 0) is 69.9 Å². The molecule has 0 spiro atoms. The van der Waals surface area contributed by atoms with Gasteiger partial charge in [0.25, 0.3) is 23.6 Å². The van der Waals surface area contributed by atoms with Crippen molar-refractivity contribution in [3.8, 4) is 0 Å². The van der Waals surface area contributed by atoms with Crippen LogP contribution in [0.25, 0.3) is 43.1 Å². The summed E-state index contributed by atoms with van der Waals surface area (Å²) in [6, 6.07) is 14.0. The average molecular weight is 505 g/mol. The maximum atomic E-state index is 13.4. The van der Waals surface area contributed by atoms with E-state index in [9.17, 15) is 24.3 Å². The summed E-state index contributed by atoms with van der Waals surface area (Å²) in [6.45, 7) is 3.74. The molecule has 2 heterocycles. The van der Waals surface area contributed by atoms with Crippen molar-refractivity contribution in [2.24, 2.45) is 0 Å². The lowest BCUT2D eigenvalue weighted by Gasteiger charge is -2.32. The third-order valence-corrected chi connectivity index (χ3v) is 8.19. The normalized spacial score (nSPS) is 16.2. The van der Waals surface area contributed by atoms with Gasteiger partial charge in [-0.15, -0.1) is 0 Å². The van der Waals surface area contributed by atoms with Gasteiger partial charge in [-0.25, -0.2) is 0 Å². The molecule has 5 aromatic rings. The molecule has 7 rings (SSSR count). The first-order chi connectivity index (χ1) is 18.4. The summed E-state index contributed by atoms with van der Waals surface area (Å²) in [7, 11) is 0. The number of benzene rings is 5. The molecule has 5 aromatic carbocycles. The second-order valence-corrected chi connectivity index (χ2v) is 10.3. The minimum atomic E-state index is -0.644. The summed E-state index contributed by atoms with van der Waals surface area (Å²) in [5, 5.41) is 16.0. The predicted molar refractivity (Wildman–Crippen MR) is 145 cm³/mol. The highest BCUT2D eigenvalue weighted by Crippen LogP contribution is 2.46. The Labute approximate surface area is 217 Å². The molecule has 38 heavy (non-hydrogen) atoms. The Morgan fingerprint density at radius 3 is 1.39 bits per heavy atom. The number of aliphatic hydroxyl groups is 1. The summed E-state index contributed by atoms with van der Waals surface area (Å²) < 4.78 is 0. The van der Waals surface area contributed by atoms with Crippen LogP contribution in [0.2, 0.25) is 0 Å². The molecule has 0 fully saturated rings. The Balaban J connectivity index is 1.57. The maximum Gasteiger partial charge on any atom is 0.261 e. The van der Waals surface area contributed by atoms with E-state index >= 15 is 0 Å². The number of carbonyl (C=O) groups excluding carboxylic acids is 4. The molecule has 0 aliphatic carbocycles. The molecule has 0 aromatic heterocycles. The van der Waals surface area contributed by atoms with E-state index in [4.69, 9.17) is 0 Å². The maximum absolute atomic E-state index is 13.4. The molecular weight excluding hydrogens is 480 g/mol. The van der Waals surface area contributed by atoms with Gasteiger partial charge in [-0.2, -0.15) is 0 Å². The lowest BCUT2D eigenvalue weighted by molar-refractivity contribution is 0.0490. The number of carbonyl (C=O) groups is 4. The van der Waals surface area contributed by atoms with Crippen LogP contribution < -0.4 is 0 Å². The van der Waals surface area contributed by atoms with E-state index in [2.05, 4.69) is 0 Å². The second-order valence-electron chi connectivity index (χ2n) is 10.3. The molecule has 1 unspecified atom stereocenters. The van der Waals surface area contributed by atoms with Gasteiger partial charge in [0.15, 0.2) is 0 Å². The molecule has 4 amide bonds. The summed E-state index contributed by atoms with van der Waals surface area (Å²) in [5.74, 6) is -1.39. The van der Waals surface area contributed by atoms with E-state index in [1.165, 1.54) is 4.90 Å². The van der Waals surface area contributed by atoms with Crippen molar-refractivity contribution in [2.75, 3.05) is 13.2 Å². The topological polar surface area (TPSA) is 95.0 Å². The monoisotopic (exact) mass is 504 g/mol. The van der Waals surface area contributed by atoms with Gasteiger partial charge in [-0.1, -0.05) is 37.6 Å². The van der Waals surface area contributed by atoms with Gasteiger partial charge in [0, 0.05) is 39.6 Å². The molecule has 188 valence electrons. The molecule has 7 nitrogen and oxygen atoms in total. The Kier molecular flexibility index (Phi) is 4.69. The van der Waals surface area contributed by atoms with Crippen LogP contribution >= 0.6 is 0 Å². The molecule has 0 saturated heterocycles. The van der Waals surface area contributed by atoms with Gasteiger partial charge < -0.3 is 5.11 Å². The van der Waals surface area contributed by atoms with Crippen LogP contribution in [-0.4, -0.2) is 57.7 Å². The summed E-state index contributed by atoms with van der Waals surface area (Å²) in [6.07, 6.45) is 1.63. The van der Waals surface area contributed by atoms with Crippen LogP contribution in [-0.2, 0) is 0 Å². The van der Waals surface area contributed by atoms with Crippen LogP contribution in [0, 0.1) is 0 Å². The van der Waals surface area contributed by atoms with Crippen molar-refractivity contribution in [2.45, 2.75) is 32.7 Å². The van der Waals surface area contributed by atoms with E-state index in [1.807, 2.05) is 31.2 Å². The van der Waals surface area contributed by atoms with Crippen molar-refractivity contribution in [1.29, 1.82) is 0 Å². The molecule has 1 N–H and O–H groups in total. The second kappa shape index (κ2) is 7.82. The van der Waals surface area contributed by atoms with Crippen molar-refractivity contribution < 1.29 is 24.3 Å². The molecule has 2 aliphatic heterocycles. The van der Waals surface area contributed by atoms with E-state index in [1.54, 1.807) is 31.2 Å². The minimum Gasteiger partial charge on any atom is -0.394 e. The highest BCUT2D eigenvalue weighted by Gasteiger charge is 2.38. The first kappa shape index (κ1) is 22.8. The molecule has 7 heteroatoms. The van der Waals surface area contributed by atoms with Gasteiger partial charge in [0.05, 0.1) is 12.6 Å². The van der Waals surface area contributed by atoms with Crippen molar-refractivity contribution in [3.05, 3.63) is 70.8 Å². The molecule has 1 atom stereocenters. The van der Waals surface area contributed by atoms with E-state index < -0.39 is 17.9 Å². The Hall–Kier alpha value is -4.36. The van der Waals surface area contributed by atoms with Gasteiger partial charge in [0.2, 0.25) is 0 Å². The summed E-state index contributed by atoms with van der Waals surface area (Å²) in [5.41, 5.74) is 1.88. The fraction of sp³-hybridized carbons (Fsp3) is 0.226. The Morgan fingerprint density at radius 2 is 1.03 bits per heavy atom. The fourth-order valence-electron chi connectivity index (χ4n) is 6.34. The lowest BCUT2D eigenvalue weighted by Crippen LogP contribution is -2.47. The van der Waals surface area contributed by atoms with Crippen LogP contribution in [0.3, 0.4) is 0 Å². The van der Waals surface area contributed by atoms with Crippen LogP contribution in [0.4, 0.5) is 0 Å². The lowest BCUT2D eigenvalue weighted by atomic mass is 9.82. The fourth-order valence-corrected chi connectivity index (χ4v) is 6.34. The number of unbranched alkanes of at least 4 members (excludes halogenated alkanes) is 1. The zero-order chi connectivity index (χ0) is 26.5. The molecule has 0 radical (unpaired) electrons. The average Bonchev–Trinajstić information content (AvgIpc) is 2.93. The summed E-state index contributed by atoms with van der Waals surface area (Å²) >= 11 is 0. The molecular formula is C31H24N2O5. The van der Waals surface area contributed by atoms with Gasteiger partial charge in [-0.3, -0.25) is 29.0 Å². The molecule has 0 bridgehead atoms. The number of hydrogen-bond acceptors (Lipinski definition) is 5. The van der Waals surface area contributed by atoms with Gasteiger partial charge in [0.1, 0.15) is 0 Å². The van der Waals surface area contributed by atoms with Crippen molar-refractivity contribution in [3.63, 3.8) is 0 Å². The van der Waals surface area contributed by atoms with Crippen molar-refractivity contribution >= 4 is 66.7 Å². The summed E-state index contributed by atoms with van der Waals surface area (Å²) in [4.78, 5) is 56.1. The standard InChI is InChI=1S/C31H24N2O5/c1-3-4-13-32-28(35)20-9-5-16-18-7-11-22-27-23(31(38)33(30(22)37)15(2)14-34)12-8-19(25(18)27)17-6-10-21(29(32)36)26(20)24(16)17/h5-12,15,34H,3-4,13-14H2,1-2H3. The van der Waals surface area contributed by atoms with Crippen LogP contribution in [0.5, 0.6) is 0 Å². The smallest absolute Gasteiger partial charge is 0.261 e. The van der Waals surface area contributed by atoms with Crippen molar-refractivity contribution in [1.82, 2.24) is 9.80 Å². The predicted octanol–water partition coefficient (Wildman–Crippen LogP) is 5.11. The molecule has 2 aliphatic rings. The number of amides is 4. The Morgan fingerprint density at radius 1 is 0.632 bits per heavy atom. The number of nitrogens with zero attached hydrogens (tertiary/aromatic N) is 2. The third kappa shape index (κ3) is 2.66. The van der Waals surface area contributed by atoms with E-state index in [-0.39, 0.29) is 18.4 Å². The highest BCUT2D eigenvalue weighted by molar-refractivity contribution is 6.41. The number of aliphatic hydroxyl groups excluding tert-OH is 1. The minimum absolute atomic E-state index is 0.273. The van der Waals surface area contributed by atoms with Gasteiger partial charge >= 0.3 is 0 Å². The largest absolute Gasteiger partial charge is 0.394 e. The molecule has 0 saturated carbocycles. The number of hydrogen-bond donors (Lipinski definition) is 1. The third-order valence-electron chi connectivity index (χ3n) is 8.19. The SMILES string of the molecule is CCCCN1C(=O)c2ccc3c4ccc5c6c(ccc(c7ccc(c2c37)C1=O)c64)C(=O)N(C(C)CO)C5=O. The quantitative estimate of drug-likeness (QED) is 0.204. The highest BCUT2D eigenvalue weighted by atomic mass is 16.3. The van der Waals surface area contributed by atoms with Crippen LogP contribution in [0.1, 0.15) is 68.1 Å². The number of fused-ring (bicyclic) bond motifs is 2. The number of rotatable bonds is 5. The van der Waals surface area contributed by atoms with E-state index in [0.717, 1.165) is 50.1 Å².